The van der Waals surface area contributed by atoms with Crippen LogP contribution in [-0.2, 0) is 9.59 Å². The molecule has 0 spiro atoms. The van der Waals surface area contributed by atoms with Gasteiger partial charge in [0, 0.05) is 21.2 Å². The average molecular weight is 563 g/mol. The summed E-state index contributed by atoms with van der Waals surface area (Å²) >= 11 is 6.66. The van der Waals surface area contributed by atoms with Crippen LogP contribution in [0.1, 0.15) is 0 Å². The molecular weight excluding hydrogens is 545 g/mol. The minimum Gasteiger partial charge on any atom is -0.374 e. The fraction of sp³-hybridized carbons (Fsp3) is 0.100. The molecule has 180 valence electrons. The number of nitrogens with two attached hydrogens (primary N) is 2. The predicted octanol–water partition coefficient (Wildman–Crippen LogP) is 4.17. The molecule has 0 fully saturated rings. The highest BCUT2D eigenvalue weighted by Crippen LogP contribution is 2.30. The first kappa shape index (κ1) is 25.2. The van der Waals surface area contributed by atoms with Gasteiger partial charge in [-0.2, -0.15) is 0 Å². The van der Waals surface area contributed by atoms with Gasteiger partial charge in [0.25, 0.3) is 0 Å². The Bertz CT molecular complexity index is 1190. The van der Waals surface area contributed by atoms with E-state index in [-0.39, 0.29) is 23.3 Å². The molecule has 0 saturated carbocycles. The zero-order chi connectivity index (χ0) is 24.6. The van der Waals surface area contributed by atoms with Gasteiger partial charge >= 0.3 is 0 Å². The maximum atomic E-state index is 12.1. The number of benzene rings is 2. The van der Waals surface area contributed by atoms with Crippen molar-refractivity contribution in [3.63, 3.8) is 0 Å². The van der Waals surface area contributed by atoms with Gasteiger partial charge < -0.3 is 22.1 Å². The zero-order valence-corrected chi connectivity index (χ0v) is 21.9. The second kappa shape index (κ2) is 12.2. The highest BCUT2D eigenvalue weighted by atomic mass is 32.2. The standard InChI is InChI=1S/C20H18N8O2S5/c21-17-25-27-19(34-17)31-9-15(29)23-11-1-5-13(6-2-11)33-14-7-3-12(4-8-14)24-16(30)10-32-20-28-26-18(22)35-20/h1-8H,9-10H2,(H2,21,25)(H2,22,26)(H,23,29)(H,24,30). The molecule has 10 nitrogen and oxygen atoms in total. The molecule has 0 saturated heterocycles. The van der Waals surface area contributed by atoms with Crippen molar-refractivity contribution in [3.05, 3.63) is 48.5 Å². The van der Waals surface area contributed by atoms with Crippen LogP contribution in [0.4, 0.5) is 21.6 Å². The van der Waals surface area contributed by atoms with Crippen LogP contribution in [0.25, 0.3) is 0 Å². The first-order chi connectivity index (χ1) is 16.9. The Morgan fingerprint density at radius 1 is 0.686 bits per heavy atom. The van der Waals surface area contributed by atoms with E-state index < -0.39 is 0 Å². The molecule has 6 N–H and O–H groups in total. The fourth-order valence-corrected chi connectivity index (χ4v) is 6.24. The third-order valence-corrected chi connectivity index (χ3v) is 8.80. The molecule has 0 aliphatic heterocycles. The number of rotatable bonds is 10. The van der Waals surface area contributed by atoms with Crippen molar-refractivity contribution in [2.45, 2.75) is 18.5 Å². The third-order valence-electron chi connectivity index (χ3n) is 4.01. The molecular formula is C20H18N8O2S5. The fourth-order valence-electron chi connectivity index (χ4n) is 2.55. The number of amides is 2. The number of thioether (sulfide) groups is 2. The molecule has 0 bridgehead atoms. The Labute approximate surface area is 221 Å². The SMILES string of the molecule is Nc1nnc(SCC(=O)Nc2ccc(Sc3ccc(NC(=O)CSc4nnc(N)s4)cc3)cc2)s1. The van der Waals surface area contributed by atoms with Gasteiger partial charge in [0.05, 0.1) is 11.5 Å². The van der Waals surface area contributed by atoms with E-state index in [2.05, 4.69) is 31.0 Å². The van der Waals surface area contributed by atoms with E-state index in [1.807, 2.05) is 48.5 Å². The van der Waals surface area contributed by atoms with Gasteiger partial charge in [0.15, 0.2) is 8.68 Å². The monoisotopic (exact) mass is 562 g/mol. The first-order valence-corrected chi connectivity index (χ1v) is 14.3. The number of anilines is 4. The Morgan fingerprint density at radius 2 is 1.09 bits per heavy atom. The van der Waals surface area contributed by atoms with Crippen LogP contribution in [0.5, 0.6) is 0 Å². The molecule has 4 aromatic rings. The third kappa shape index (κ3) is 8.10. The molecule has 2 aromatic carbocycles. The Balaban J connectivity index is 1.21. The average Bonchev–Trinajstić information content (AvgIpc) is 3.46. The number of carbonyl (C=O) groups is 2. The van der Waals surface area contributed by atoms with Crippen LogP contribution in [0.15, 0.2) is 67.0 Å². The van der Waals surface area contributed by atoms with Crippen LogP contribution in [-0.4, -0.2) is 43.7 Å². The summed E-state index contributed by atoms with van der Waals surface area (Å²) in [6, 6.07) is 15.2. The van der Waals surface area contributed by atoms with Gasteiger partial charge in [0.2, 0.25) is 22.1 Å². The van der Waals surface area contributed by atoms with Crippen molar-refractivity contribution >= 4 is 91.4 Å². The highest BCUT2D eigenvalue weighted by molar-refractivity contribution is 8.02. The highest BCUT2D eigenvalue weighted by Gasteiger charge is 2.09. The second-order valence-corrected chi connectivity index (χ2v) is 12.2. The number of nitrogens with one attached hydrogen (secondary N) is 2. The van der Waals surface area contributed by atoms with Crippen molar-refractivity contribution in [2.75, 3.05) is 33.6 Å². The molecule has 0 aliphatic rings. The summed E-state index contributed by atoms with van der Waals surface area (Å²) < 4.78 is 1.32. The number of nitrogen functional groups attached to an aromatic ring is 2. The summed E-state index contributed by atoms with van der Waals surface area (Å²) in [7, 11) is 0. The van der Waals surface area contributed by atoms with Crippen LogP contribution >= 0.6 is 58.0 Å². The lowest BCUT2D eigenvalue weighted by Gasteiger charge is -2.07. The van der Waals surface area contributed by atoms with Gasteiger partial charge in [-0.1, -0.05) is 58.0 Å². The molecule has 0 atom stereocenters. The Hall–Kier alpha value is -2.85. The molecule has 2 aromatic heterocycles. The van der Waals surface area contributed by atoms with Gasteiger partial charge in [-0.05, 0) is 48.5 Å². The van der Waals surface area contributed by atoms with E-state index in [0.717, 1.165) is 9.79 Å². The van der Waals surface area contributed by atoms with Crippen molar-refractivity contribution < 1.29 is 9.59 Å². The van der Waals surface area contributed by atoms with Crippen molar-refractivity contribution in [2.24, 2.45) is 0 Å². The lowest BCUT2D eigenvalue weighted by atomic mass is 10.3. The minimum absolute atomic E-state index is 0.132. The van der Waals surface area contributed by atoms with E-state index in [4.69, 9.17) is 11.5 Å². The summed E-state index contributed by atoms with van der Waals surface area (Å²) in [6.45, 7) is 0. The van der Waals surface area contributed by atoms with E-state index >= 15 is 0 Å². The molecule has 0 radical (unpaired) electrons. The smallest absolute Gasteiger partial charge is 0.234 e. The Kier molecular flexibility index (Phi) is 8.81. The predicted molar refractivity (Wildman–Crippen MR) is 144 cm³/mol. The number of aromatic nitrogens is 4. The van der Waals surface area contributed by atoms with Crippen molar-refractivity contribution in [1.82, 2.24) is 20.4 Å². The van der Waals surface area contributed by atoms with Gasteiger partial charge in [-0.25, -0.2) is 0 Å². The van der Waals surface area contributed by atoms with Crippen LogP contribution in [0.2, 0.25) is 0 Å². The molecule has 2 amide bonds. The second-order valence-electron chi connectivity index (χ2n) is 6.64. The summed E-state index contributed by atoms with van der Waals surface area (Å²) in [5, 5.41) is 21.7. The van der Waals surface area contributed by atoms with Crippen molar-refractivity contribution in [3.8, 4) is 0 Å². The number of hydrogen-bond acceptors (Lipinski definition) is 13. The summed E-state index contributed by atoms with van der Waals surface area (Å²) in [5.41, 5.74) is 12.5. The summed E-state index contributed by atoms with van der Waals surface area (Å²) in [4.78, 5) is 26.3. The molecule has 15 heteroatoms. The minimum atomic E-state index is -0.132. The summed E-state index contributed by atoms with van der Waals surface area (Å²) in [5.74, 6) is 0.188. The lowest BCUT2D eigenvalue weighted by Crippen LogP contribution is -2.13. The van der Waals surface area contributed by atoms with E-state index in [1.165, 1.54) is 46.2 Å². The number of carbonyl (C=O) groups excluding carboxylic acids is 2. The zero-order valence-electron chi connectivity index (χ0n) is 17.8. The largest absolute Gasteiger partial charge is 0.374 e. The lowest BCUT2D eigenvalue weighted by molar-refractivity contribution is -0.114. The van der Waals surface area contributed by atoms with Crippen LogP contribution in [0, 0.1) is 0 Å². The van der Waals surface area contributed by atoms with Crippen molar-refractivity contribution in [1.29, 1.82) is 0 Å². The maximum Gasteiger partial charge on any atom is 0.234 e. The molecule has 4 rings (SSSR count). The van der Waals surface area contributed by atoms with Crippen LogP contribution < -0.4 is 22.1 Å². The summed E-state index contributed by atoms with van der Waals surface area (Å²) in [6.07, 6.45) is 0. The van der Waals surface area contributed by atoms with E-state index in [9.17, 15) is 9.59 Å². The van der Waals surface area contributed by atoms with Gasteiger partial charge in [-0.15, -0.1) is 20.4 Å². The van der Waals surface area contributed by atoms with Gasteiger partial charge in [-0.3, -0.25) is 9.59 Å². The van der Waals surface area contributed by atoms with E-state index in [0.29, 0.717) is 30.3 Å². The van der Waals surface area contributed by atoms with Crippen LogP contribution in [0.3, 0.4) is 0 Å². The number of nitrogens with zero attached hydrogens (tertiary/aromatic N) is 4. The maximum absolute atomic E-state index is 12.1. The van der Waals surface area contributed by atoms with E-state index in [1.54, 1.807) is 11.8 Å². The molecule has 0 aliphatic carbocycles. The quantitative estimate of drug-likeness (QED) is 0.205. The first-order valence-electron chi connectivity index (χ1n) is 9.84. The normalized spacial score (nSPS) is 10.7. The van der Waals surface area contributed by atoms with Gasteiger partial charge in [0.1, 0.15) is 0 Å². The molecule has 2 heterocycles. The number of hydrogen-bond donors (Lipinski definition) is 4. The Morgan fingerprint density at radius 3 is 1.43 bits per heavy atom. The molecule has 35 heavy (non-hydrogen) atoms. The topological polar surface area (TPSA) is 162 Å². The molecule has 0 unspecified atom stereocenters.